The van der Waals surface area contributed by atoms with E-state index in [-0.39, 0.29) is 18.3 Å². The highest BCUT2D eigenvalue weighted by Crippen LogP contribution is 2.36. The van der Waals surface area contributed by atoms with Crippen LogP contribution < -0.4 is 19.6 Å². The molecule has 1 aliphatic heterocycles. The van der Waals surface area contributed by atoms with E-state index in [0.717, 1.165) is 16.0 Å². The van der Waals surface area contributed by atoms with Crippen molar-refractivity contribution in [3.8, 4) is 5.75 Å². The van der Waals surface area contributed by atoms with E-state index < -0.39 is 12.0 Å². The number of benzene rings is 1. The molecule has 6 nitrogen and oxygen atoms in total. The van der Waals surface area contributed by atoms with Gasteiger partial charge in [-0.15, -0.1) is 11.3 Å². The molecule has 2 aromatic heterocycles. The lowest BCUT2D eigenvalue weighted by molar-refractivity contribution is -0.139. The Balaban J connectivity index is 2.00. The van der Waals surface area contributed by atoms with Crippen molar-refractivity contribution in [2.75, 3.05) is 6.61 Å². The molecule has 33 heavy (non-hydrogen) atoms. The Kier molecular flexibility index (Phi) is 6.67. The highest BCUT2D eigenvalue weighted by atomic mass is 32.1. The van der Waals surface area contributed by atoms with Gasteiger partial charge in [0.2, 0.25) is 0 Å². The second-order valence-electron chi connectivity index (χ2n) is 7.97. The van der Waals surface area contributed by atoms with Crippen LogP contribution in [0, 0.1) is 6.92 Å². The molecule has 0 bridgehead atoms. The van der Waals surface area contributed by atoms with Crippen LogP contribution in [0.3, 0.4) is 0 Å². The van der Waals surface area contributed by atoms with Gasteiger partial charge in [0.25, 0.3) is 5.56 Å². The maximum atomic E-state index is 13.7. The van der Waals surface area contributed by atoms with E-state index in [1.165, 1.54) is 11.3 Å². The molecule has 0 fully saturated rings. The molecule has 1 aromatic carbocycles. The number of aromatic nitrogens is 1. The molecule has 0 saturated heterocycles. The van der Waals surface area contributed by atoms with E-state index in [0.29, 0.717) is 26.4 Å². The molecular formula is C25H26N2O4S2. The first-order chi connectivity index (χ1) is 15.8. The number of hydrogen-bond acceptors (Lipinski definition) is 7. The van der Waals surface area contributed by atoms with Crippen LogP contribution in [0.2, 0.25) is 0 Å². The minimum atomic E-state index is -0.693. The zero-order valence-electron chi connectivity index (χ0n) is 19.2. The van der Waals surface area contributed by atoms with Crippen LogP contribution in [0.25, 0.3) is 6.08 Å². The number of ether oxygens (including phenoxy) is 2. The summed E-state index contributed by atoms with van der Waals surface area (Å²) in [7, 11) is 0. The quantitative estimate of drug-likeness (QED) is 0.499. The molecule has 3 heterocycles. The minimum Gasteiger partial charge on any atom is -0.491 e. The number of carbonyl (C=O) groups excluding carboxylic acids is 1. The lowest BCUT2D eigenvalue weighted by Gasteiger charge is -2.26. The molecule has 3 aromatic rings. The number of esters is 1. The van der Waals surface area contributed by atoms with Gasteiger partial charge in [0, 0.05) is 10.4 Å². The summed E-state index contributed by atoms with van der Waals surface area (Å²) in [6, 6.07) is 8.84. The van der Waals surface area contributed by atoms with Crippen LogP contribution in [0.15, 0.2) is 56.8 Å². The van der Waals surface area contributed by atoms with Crippen LogP contribution >= 0.6 is 22.7 Å². The van der Waals surface area contributed by atoms with Crippen molar-refractivity contribution < 1.29 is 14.3 Å². The molecule has 1 atom stereocenters. The molecule has 8 heteroatoms. The van der Waals surface area contributed by atoms with Crippen molar-refractivity contribution in [2.45, 2.75) is 46.8 Å². The molecule has 0 radical (unpaired) electrons. The number of allylic oxidation sites excluding steroid dienone is 1. The smallest absolute Gasteiger partial charge is 0.338 e. The van der Waals surface area contributed by atoms with E-state index in [4.69, 9.17) is 9.47 Å². The fourth-order valence-corrected chi connectivity index (χ4v) is 5.77. The molecule has 172 valence electrons. The number of aryl methyl sites for hydroxylation is 1. The first kappa shape index (κ1) is 23.2. The number of thiophene rings is 1. The number of nitrogens with zero attached hydrogens (tertiary/aromatic N) is 2. The van der Waals surface area contributed by atoms with E-state index in [1.54, 1.807) is 29.8 Å². The standard InChI is InChI=1S/C25H26N2O4S2/c1-6-30-24(29)21-16(5)26-25-27(22(21)17-9-7-8-10-18(17)31-14(2)3)23(28)20(33-25)13-19-15(4)11-12-32-19/h7-14,22H,6H2,1-5H3. The zero-order valence-corrected chi connectivity index (χ0v) is 20.9. The number of thiazole rings is 1. The van der Waals surface area contributed by atoms with Crippen LogP contribution in [0.1, 0.15) is 49.7 Å². The van der Waals surface area contributed by atoms with Crippen molar-refractivity contribution in [1.82, 2.24) is 4.57 Å². The summed E-state index contributed by atoms with van der Waals surface area (Å²) in [5.74, 6) is 0.143. The molecule has 0 amide bonds. The highest BCUT2D eigenvalue weighted by molar-refractivity contribution is 7.11. The average molecular weight is 483 g/mol. The fourth-order valence-electron chi connectivity index (χ4n) is 3.80. The Morgan fingerprint density at radius 2 is 2.00 bits per heavy atom. The number of rotatable bonds is 6. The van der Waals surface area contributed by atoms with Gasteiger partial charge in [-0.25, -0.2) is 9.79 Å². The molecule has 0 saturated carbocycles. The highest BCUT2D eigenvalue weighted by Gasteiger charge is 2.35. The summed E-state index contributed by atoms with van der Waals surface area (Å²) < 4.78 is 13.6. The molecule has 0 spiro atoms. The van der Waals surface area contributed by atoms with Gasteiger partial charge in [0.1, 0.15) is 11.8 Å². The van der Waals surface area contributed by atoms with Crippen molar-refractivity contribution in [2.24, 2.45) is 4.99 Å². The van der Waals surface area contributed by atoms with Crippen LogP contribution in [0.4, 0.5) is 0 Å². The SMILES string of the molecule is CCOC(=O)C1=C(C)N=c2sc(=Cc3sccc3C)c(=O)n2C1c1ccccc1OC(C)C. The Bertz CT molecular complexity index is 1410. The monoisotopic (exact) mass is 482 g/mol. The predicted octanol–water partition coefficient (Wildman–Crippen LogP) is 3.96. The lowest BCUT2D eigenvalue weighted by Crippen LogP contribution is -2.40. The van der Waals surface area contributed by atoms with E-state index in [1.807, 2.05) is 62.6 Å². The third-order valence-corrected chi connectivity index (χ3v) is 7.21. The Morgan fingerprint density at radius 3 is 2.67 bits per heavy atom. The van der Waals surface area contributed by atoms with Gasteiger partial charge in [0.15, 0.2) is 4.80 Å². The van der Waals surface area contributed by atoms with Crippen molar-refractivity contribution in [1.29, 1.82) is 0 Å². The average Bonchev–Trinajstić information content (AvgIpc) is 3.30. The summed E-state index contributed by atoms with van der Waals surface area (Å²) >= 11 is 2.91. The molecule has 1 aliphatic rings. The molecule has 0 aliphatic carbocycles. The molecule has 4 rings (SSSR count). The van der Waals surface area contributed by atoms with Crippen molar-refractivity contribution in [3.63, 3.8) is 0 Å². The van der Waals surface area contributed by atoms with Crippen LogP contribution in [-0.4, -0.2) is 23.2 Å². The van der Waals surface area contributed by atoms with Gasteiger partial charge < -0.3 is 9.47 Å². The number of hydrogen-bond donors (Lipinski definition) is 0. The largest absolute Gasteiger partial charge is 0.491 e. The summed E-state index contributed by atoms with van der Waals surface area (Å²) in [5, 5.41) is 2.00. The normalized spacial score (nSPS) is 16.1. The topological polar surface area (TPSA) is 69.9 Å². The second kappa shape index (κ2) is 9.49. The number of carbonyl (C=O) groups is 1. The van der Waals surface area contributed by atoms with Crippen LogP contribution in [-0.2, 0) is 9.53 Å². The minimum absolute atomic E-state index is 0.0695. The third kappa shape index (κ3) is 4.45. The number of para-hydroxylation sites is 1. The molecule has 1 unspecified atom stereocenters. The van der Waals surface area contributed by atoms with Crippen molar-refractivity contribution in [3.05, 3.63) is 82.7 Å². The van der Waals surface area contributed by atoms with E-state index >= 15 is 0 Å². The maximum absolute atomic E-state index is 13.7. The van der Waals surface area contributed by atoms with Gasteiger partial charge in [-0.2, -0.15) is 0 Å². The van der Waals surface area contributed by atoms with Gasteiger partial charge in [-0.3, -0.25) is 9.36 Å². The summed E-state index contributed by atoms with van der Waals surface area (Å²) in [6.45, 7) is 9.68. The molecular weight excluding hydrogens is 456 g/mol. The fraction of sp³-hybridized carbons (Fsp3) is 0.320. The predicted molar refractivity (Wildman–Crippen MR) is 132 cm³/mol. The lowest BCUT2D eigenvalue weighted by atomic mass is 9.95. The summed E-state index contributed by atoms with van der Waals surface area (Å²) in [6.07, 6.45) is 1.83. The van der Waals surface area contributed by atoms with Crippen molar-refractivity contribution >= 4 is 34.7 Å². The first-order valence-electron chi connectivity index (χ1n) is 10.8. The van der Waals surface area contributed by atoms with E-state index in [2.05, 4.69) is 4.99 Å². The maximum Gasteiger partial charge on any atom is 0.338 e. The van der Waals surface area contributed by atoms with Gasteiger partial charge in [0.05, 0.1) is 28.5 Å². The second-order valence-corrected chi connectivity index (χ2v) is 9.93. The Hall–Kier alpha value is -2.97. The van der Waals surface area contributed by atoms with E-state index in [9.17, 15) is 9.59 Å². The van der Waals surface area contributed by atoms with Gasteiger partial charge in [-0.05, 0) is 63.8 Å². The third-order valence-electron chi connectivity index (χ3n) is 5.26. The first-order valence-corrected chi connectivity index (χ1v) is 12.5. The summed E-state index contributed by atoms with van der Waals surface area (Å²) in [4.78, 5) is 32.9. The summed E-state index contributed by atoms with van der Waals surface area (Å²) in [5.41, 5.74) is 2.54. The zero-order chi connectivity index (χ0) is 23.7. The molecule has 0 N–H and O–H groups in total. The van der Waals surface area contributed by atoms with Gasteiger partial charge in [-0.1, -0.05) is 29.5 Å². The Morgan fingerprint density at radius 1 is 1.24 bits per heavy atom. The van der Waals surface area contributed by atoms with Crippen LogP contribution in [0.5, 0.6) is 5.75 Å². The Labute approximate surface area is 200 Å². The number of fused-ring (bicyclic) bond motifs is 1. The van der Waals surface area contributed by atoms with Gasteiger partial charge >= 0.3 is 5.97 Å².